The number of rotatable bonds is 2. The molecule has 0 radical (unpaired) electrons. The molecule has 1 amide bonds. The molecule has 1 aromatic heterocycles. The van der Waals surface area contributed by atoms with Crippen LogP contribution in [-0.4, -0.2) is 11.9 Å². The molecule has 0 aliphatic carbocycles. The molecular formula is C8H8N2O2. The zero-order valence-electron chi connectivity index (χ0n) is 6.57. The van der Waals surface area contributed by atoms with Crippen LogP contribution in [0.25, 0.3) is 0 Å². The van der Waals surface area contributed by atoms with Crippen LogP contribution in [0.15, 0.2) is 23.0 Å². The van der Waals surface area contributed by atoms with Gasteiger partial charge in [-0.3, -0.25) is 4.79 Å². The fourth-order valence-electron chi connectivity index (χ4n) is 0.706. The van der Waals surface area contributed by atoms with Gasteiger partial charge in [-0.05, 0) is 13.0 Å². The van der Waals surface area contributed by atoms with Gasteiger partial charge in [-0.2, -0.15) is 5.26 Å². The second kappa shape index (κ2) is 3.58. The molecule has 0 saturated heterocycles. The van der Waals surface area contributed by atoms with E-state index >= 15 is 0 Å². The Morgan fingerprint density at radius 1 is 1.83 bits per heavy atom. The summed E-state index contributed by atoms with van der Waals surface area (Å²) in [5.41, 5.74) is 0.428. The first kappa shape index (κ1) is 8.34. The predicted octanol–water partition coefficient (Wildman–Crippen LogP) is 0.921. The predicted molar refractivity (Wildman–Crippen MR) is 41.2 cm³/mol. The van der Waals surface area contributed by atoms with Gasteiger partial charge in [0.2, 0.25) is 0 Å². The number of hydrogen-bond acceptors (Lipinski definition) is 3. The second-order valence-corrected chi connectivity index (χ2v) is 2.34. The summed E-state index contributed by atoms with van der Waals surface area (Å²) in [6.45, 7) is 1.61. The average molecular weight is 164 g/mol. The number of nitrogens with zero attached hydrogens (tertiary/aromatic N) is 1. The van der Waals surface area contributed by atoms with E-state index in [1.165, 1.54) is 12.5 Å². The lowest BCUT2D eigenvalue weighted by atomic mass is 10.3. The van der Waals surface area contributed by atoms with Crippen molar-refractivity contribution in [2.45, 2.75) is 13.0 Å². The van der Waals surface area contributed by atoms with E-state index < -0.39 is 6.04 Å². The molecule has 0 saturated carbocycles. The summed E-state index contributed by atoms with van der Waals surface area (Å²) in [6, 6.07) is 2.96. The third kappa shape index (κ3) is 1.86. The van der Waals surface area contributed by atoms with Crippen molar-refractivity contribution >= 4 is 5.91 Å². The Kier molecular flexibility index (Phi) is 2.49. The number of nitriles is 1. The monoisotopic (exact) mass is 164 g/mol. The minimum Gasteiger partial charge on any atom is -0.472 e. The maximum Gasteiger partial charge on any atom is 0.255 e. The maximum absolute atomic E-state index is 11.2. The number of carbonyl (C=O) groups excluding carboxylic acids is 1. The maximum atomic E-state index is 11.2. The topological polar surface area (TPSA) is 66.0 Å². The zero-order chi connectivity index (χ0) is 8.97. The molecule has 0 spiro atoms. The van der Waals surface area contributed by atoms with Crippen molar-refractivity contribution in [3.63, 3.8) is 0 Å². The number of furan rings is 1. The Morgan fingerprint density at radius 3 is 3.08 bits per heavy atom. The molecule has 0 unspecified atom stereocenters. The van der Waals surface area contributed by atoms with Gasteiger partial charge in [0.25, 0.3) is 5.91 Å². The van der Waals surface area contributed by atoms with Crippen molar-refractivity contribution in [1.29, 1.82) is 5.26 Å². The highest BCUT2D eigenvalue weighted by Crippen LogP contribution is 1.99. The minimum absolute atomic E-state index is 0.294. The lowest BCUT2D eigenvalue weighted by Gasteiger charge is -2.02. The number of carbonyl (C=O) groups is 1. The van der Waals surface area contributed by atoms with Crippen LogP contribution in [0.2, 0.25) is 0 Å². The molecule has 1 aromatic rings. The first-order valence-corrected chi connectivity index (χ1v) is 3.46. The highest BCUT2D eigenvalue weighted by atomic mass is 16.3. The van der Waals surface area contributed by atoms with E-state index in [1.54, 1.807) is 13.0 Å². The van der Waals surface area contributed by atoms with Gasteiger partial charge in [0.15, 0.2) is 0 Å². The van der Waals surface area contributed by atoms with Crippen LogP contribution in [0, 0.1) is 11.3 Å². The lowest BCUT2D eigenvalue weighted by Crippen LogP contribution is -2.30. The lowest BCUT2D eigenvalue weighted by molar-refractivity contribution is 0.0947. The van der Waals surface area contributed by atoms with E-state index in [9.17, 15) is 4.79 Å². The Balaban J connectivity index is 2.57. The number of hydrogen-bond donors (Lipinski definition) is 1. The largest absolute Gasteiger partial charge is 0.472 e. The Morgan fingerprint density at radius 2 is 2.58 bits per heavy atom. The molecule has 1 N–H and O–H groups in total. The molecule has 62 valence electrons. The van der Waals surface area contributed by atoms with E-state index in [4.69, 9.17) is 9.68 Å². The highest BCUT2D eigenvalue weighted by molar-refractivity contribution is 5.94. The summed E-state index contributed by atoms with van der Waals surface area (Å²) in [7, 11) is 0. The first-order chi connectivity index (χ1) is 5.74. The van der Waals surface area contributed by atoms with Crippen molar-refractivity contribution in [3.05, 3.63) is 24.2 Å². The molecule has 1 atom stereocenters. The van der Waals surface area contributed by atoms with Crippen LogP contribution in [-0.2, 0) is 0 Å². The molecule has 4 nitrogen and oxygen atoms in total. The van der Waals surface area contributed by atoms with Crippen LogP contribution >= 0.6 is 0 Å². The molecule has 12 heavy (non-hydrogen) atoms. The summed E-state index contributed by atoms with van der Waals surface area (Å²) >= 11 is 0. The van der Waals surface area contributed by atoms with Gasteiger partial charge < -0.3 is 9.73 Å². The van der Waals surface area contributed by atoms with Crippen LogP contribution in [0.1, 0.15) is 17.3 Å². The molecule has 1 rings (SSSR count). The van der Waals surface area contributed by atoms with Gasteiger partial charge in [-0.15, -0.1) is 0 Å². The molecule has 1 heterocycles. The van der Waals surface area contributed by atoms with Crippen LogP contribution in [0.5, 0.6) is 0 Å². The molecule has 0 fully saturated rings. The molecule has 4 heteroatoms. The second-order valence-electron chi connectivity index (χ2n) is 2.34. The van der Waals surface area contributed by atoms with Gasteiger partial charge in [0.05, 0.1) is 17.9 Å². The van der Waals surface area contributed by atoms with E-state index in [-0.39, 0.29) is 5.91 Å². The normalized spacial score (nSPS) is 11.7. The molecule has 0 aromatic carbocycles. The van der Waals surface area contributed by atoms with Crippen LogP contribution in [0.4, 0.5) is 0 Å². The van der Waals surface area contributed by atoms with Gasteiger partial charge in [0.1, 0.15) is 12.3 Å². The SMILES string of the molecule is C[C@H](C#N)NC(=O)c1ccoc1. The molecular weight excluding hydrogens is 156 g/mol. The summed E-state index contributed by atoms with van der Waals surface area (Å²) < 4.78 is 4.71. The Labute approximate surface area is 69.8 Å². The van der Waals surface area contributed by atoms with Gasteiger partial charge in [-0.25, -0.2) is 0 Å². The van der Waals surface area contributed by atoms with Gasteiger partial charge in [-0.1, -0.05) is 0 Å². The van der Waals surface area contributed by atoms with E-state index in [0.717, 1.165) is 0 Å². The van der Waals surface area contributed by atoms with E-state index in [0.29, 0.717) is 5.56 Å². The van der Waals surface area contributed by atoms with Crippen LogP contribution < -0.4 is 5.32 Å². The number of amides is 1. The standard InChI is InChI=1S/C8H8N2O2/c1-6(4-9)10-8(11)7-2-3-12-5-7/h2-3,5-6H,1H3,(H,10,11)/t6-/m1/s1. The summed E-state index contributed by atoms with van der Waals surface area (Å²) in [4.78, 5) is 11.2. The molecule has 0 aliphatic rings. The van der Waals surface area contributed by atoms with Crippen molar-refractivity contribution in [3.8, 4) is 6.07 Å². The van der Waals surface area contributed by atoms with E-state index in [2.05, 4.69) is 5.32 Å². The van der Waals surface area contributed by atoms with Gasteiger partial charge in [0, 0.05) is 0 Å². The fourth-order valence-corrected chi connectivity index (χ4v) is 0.706. The Bertz CT molecular complexity index is 297. The quantitative estimate of drug-likeness (QED) is 0.706. The fraction of sp³-hybridized carbons (Fsp3) is 0.250. The van der Waals surface area contributed by atoms with E-state index in [1.807, 2.05) is 6.07 Å². The van der Waals surface area contributed by atoms with Crippen LogP contribution in [0.3, 0.4) is 0 Å². The third-order valence-electron chi connectivity index (χ3n) is 1.32. The smallest absolute Gasteiger partial charge is 0.255 e. The zero-order valence-corrected chi connectivity index (χ0v) is 6.57. The molecule has 0 aliphatic heterocycles. The minimum atomic E-state index is -0.479. The van der Waals surface area contributed by atoms with Crippen molar-refractivity contribution in [1.82, 2.24) is 5.32 Å². The summed E-state index contributed by atoms with van der Waals surface area (Å²) in [5, 5.41) is 10.9. The Hall–Kier alpha value is -1.76. The third-order valence-corrected chi connectivity index (χ3v) is 1.32. The molecule has 0 bridgehead atoms. The van der Waals surface area contributed by atoms with Crippen molar-refractivity contribution in [2.24, 2.45) is 0 Å². The van der Waals surface area contributed by atoms with Crippen molar-refractivity contribution in [2.75, 3.05) is 0 Å². The van der Waals surface area contributed by atoms with Gasteiger partial charge >= 0.3 is 0 Å². The number of nitrogens with one attached hydrogen (secondary N) is 1. The highest BCUT2D eigenvalue weighted by Gasteiger charge is 2.08. The summed E-state index contributed by atoms with van der Waals surface area (Å²) in [6.07, 6.45) is 2.74. The summed E-state index contributed by atoms with van der Waals surface area (Å²) in [5.74, 6) is -0.294. The first-order valence-electron chi connectivity index (χ1n) is 3.46. The average Bonchev–Trinajstić information content (AvgIpc) is 2.56. The van der Waals surface area contributed by atoms with Crippen molar-refractivity contribution < 1.29 is 9.21 Å².